The monoisotopic (exact) mass is 369 g/mol. The van der Waals surface area contributed by atoms with Crippen molar-refractivity contribution in [3.63, 3.8) is 0 Å². The number of aryl methyl sites for hydroxylation is 1. The Labute approximate surface area is 157 Å². The standard InChI is InChI=1S/C21H20ClNO3/c1-14-12-17(8-10-19(14)22)25-13-18-9-11-20(26-18)21(24)23-15(2)16-6-4-3-5-7-16/h3-12,15H,13H2,1-2H3,(H,23,24)/t15-/m0/s1. The summed E-state index contributed by atoms with van der Waals surface area (Å²) in [5, 5.41) is 3.62. The topological polar surface area (TPSA) is 51.5 Å². The third kappa shape index (κ3) is 4.46. The number of amides is 1. The Kier molecular flexibility index (Phi) is 5.64. The summed E-state index contributed by atoms with van der Waals surface area (Å²) in [6.07, 6.45) is 0. The zero-order valence-corrected chi connectivity index (χ0v) is 15.4. The van der Waals surface area contributed by atoms with Crippen molar-refractivity contribution in [1.82, 2.24) is 5.32 Å². The summed E-state index contributed by atoms with van der Waals surface area (Å²) in [5.41, 5.74) is 1.98. The van der Waals surface area contributed by atoms with Gasteiger partial charge in [-0.1, -0.05) is 41.9 Å². The van der Waals surface area contributed by atoms with Crippen LogP contribution in [0.1, 0.15) is 40.4 Å². The van der Waals surface area contributed by atoms with Crippen LogP contribution in [0.5, 0.6) is 5.75 Å². The maximum atomic E-state index is 12.3. The zero-order valence-electron chi connectivity index (χ0n) is 14.7. The lowest BCUT2D eigenvalue weighted by molar-refractivity contribution is 0.0907. The number of rotatable bonds is 6. The molecule has 5 heteroatoms. The van der Waals surface area contributed by atoms with Gasteiger partial charge in [0.05, 0.1) is 6.04 Å². The first-order chi connectivity index (χ1) is 12.5. The molecule has 0 aliphatic heterocycles. The molecule has 0 aliphatic rings. The molecule has 0 aliphatic carbocycles. The molecule has 1 N–H and O–H groups in total. The number of hydrogen-bond acceptors (Lipinski definition) is 3. The molecule has 0 unspecified atom stereocenters. The molecular weight excluding hydrogens is 350 g/mol. The second kappa shape index (κ2) is 8.11. The van der Waals surface area contributed by atoms with Crippen LogP contribution in [0.25, 0.3) is 0 Å². The molecule has 3 aromatic rings. The Bertz CT molecular complexity index is 889. The molecule has 1 heterocycles. The van der Waals surface area contributed by atoms with Gasteiger partial charge in [-0.25, -0.2) is 0 Å². The van der Waals surface area contributed by atoms with E-state index >= 15 is 0 Å². The lowest BCUT2D eigenvalue weighted by Gasteiger charge is -2.13. The number of halogens is 1. The molecule has 1 amide bonds. The fraction of sp³-hybridized carbons (Fsp3) is 0.190. The predicted octanol–water partition coefficient (Wildman–Crippen LogP) is 5.31. The lowest BCUT2D eigenvalue weighted by atomic mass is 10.1. The van der Waals surface area contributed by atoms with Gasteiger partial charge in [0.15, 0.2) is 5.76 Å². The van der Waals surface area contributed by atoms with E-state index in [2.05, 4.69) is 5.32 Å². The Hall–Kier alpha value is -2.72. The number of nitrogens with one attached hydrogen (secondary N) is 1. The highest BCUT2D eigenvalue weighted by Gasteiger charge is 2.15. The second-order valence-electron chi connectivity index (χ2n) is 6.07. The fourth-order valence-corrected chi connectivity index (χ4v) is 2.65. The smallest absolute Gasteiger partial charge is 0.287 e. The van der Waals surface area contributed by atoms with E-state index < -0.39 is 0 Å². The summed E-state index contributed by atoms with van der Waals surface area (Å²) in [6.45, 7) is 4.09. The Morgan fingerprint density at radius 1 is 1.15 bits per heavy atom. The Morgan fingerprint density at radius 2 is 1.92 bits per heavy atom. The van der Waals surface area contributed by atoms with E-state index in [1.807, 2.05) is 50.2 Å². The van der Waals surface area contributed by atoms with Crippen molar-refractivity contribution in [3.05, 3.63) is 88.3 Å². The average Bonchev–Trinajstić information content (AvgIpc) is 3.12. The summed E-state index contributed by atoms with van der Waals surface area (Å²) in [7, 11) is 0. The molecule has 0 radical (unpaired) electrons. The highest BCUT2D eigenvalue weighted by molar-refractivity contribution is 6.31. The van der Waals surface area contributed by atoms with Crippen LogP contribution in [0, 0.1) is 6.92 Å². The molecular formula is C21H20ClNO3. The van der Waals surface area contributed by atoms with Crippen LogP contribution in [0.15, 0.2) is 65.1 Å². The van der Waals surface area contributed by atoms with E-state index in [-0.39, 0.29) is 24.3 Å². The minimum atomic E-state index is -0.255. The third-order valence-corrected chi connectivity index (χ3v) is 4.47. The van der Waals surface area contributed by atoms with Crippen molar-refractivity contribution >= 4 is 17.5 Å². The molecule has 26 heavy (non-hydrogen) atoms. The van der Waals surface area contributed by atoms with Gasteiger partial charge in [0, 0.05) is 5.02 Å². The van der Waals surface area contributed by atoms with Gasteiger partial charge in [0.2, 0.25) is 0 Å². The van der Waals surface area contributed by atoms with Gasteiger partial charge in [-0.3, -0.25) is 4.79 Å². The molecule has 134 valence electrons. The lowest BCUT2D eigenvalue weighted by Crippen LogP contribution is -2.26. The molecule has 0 bridgehead atoms. The third-order valence-electron chi connectivity index (χ3n) is 4.04. The van der Waals surface area contributed by atoms with E-state index in [1.165, 1.54) is 0 Å². The van der Waals surface area contributed by atoms with Crippen LogP contribution in [0.3, 0.4) is 0 Å². The normalized spacial score (nSPS) is 11.8. The second-order valence-corrected chi connectivity index (χ2v) is 6.48. The predicted molar refractivity (Wildman–Crippen MR) is 102 cm³/mol. The van der Waals surface area contributed by atoms with Crippen molar-refractivity contribution in [2.45, 2.75) is 26.5 Å². The molecule has 0 saturated heterocycles. The van der Waals surface area contributed by atoms with Gasteiger partial charge in [0.25, 0.3) is 5.91 Å². The first kappa shape index (κ1) is 18.1. The largest absolute Gasteiger partial charge is 0.486 e. The maximum Gasteiger partial charge on any atom is 0.287 e. The Balaban J connectivity index is 1.58. The van der Waals surface area contributed by atoms with Crippen LogP contribution in [0.4, 0.5) is 0 Å². The van der Waals surface area contributed by atoms with Gasteiger partial charge in [0.1, 0.15) is 18.1 Å². The molecule has 0 fully saturated rings. The van der Waals surface area contributed by atoms with Crippen LogP contribution in [-0.4, -0.2) is 5.91 Å². The molecule has 3 rings (SSSR count). The first-order valence-electron chi connectivity index (χ1n) is 8.36. The van der Waals surface area contributed by atoms with Crippen LogP contribution >= 0.6 is 11.6 Å². The van der Waals surface area contributed by atoms with Gasteiger partial charge in [-0.2, -0.15) is 0 Å². The molecule has 0 spiro atoms. The van der Waals surface area contributed by atoms with Gasteiger partial charge < -0.3 is 14.5 Å². The SMILES string of the molecule is Cc1cc(OCc2ccc(C(=O)N[C@@H](C)c3ccccc3)o2)ccc1Cl. The van der Waals surface area contributed by atoms with Crippen LogP contribution < -0.4 is 10.1 Å². The number of carbonyl (C=O) groups excluding carboxylic acids is 1. The highest BCUT2D eigenvalue weighted by atomic mass is 35.5. The number of benzene rings is 2. The van der Waals surface area contributed by atoms with E-state index in [1.54, 1.807) is 24.3 Å². The molecule has 1 aromatic heterocycles. The van der Waals surface area contributed by atoms with E-state index in [0.717, 1.165) is 11.1 Å². The molecule has 1 atom stereocenters. The average molecular weight is 370 g/mol. The zero-order chi connectivity index (χ0) is 18.5. The summed E-state index contributed by atoms with van der Waals surface area (Å²) in [4.78, 5) is 12.3. The first-order valence-corrected chi connectivity index (χ1v) is 8.74. The van der Waals surface area contributed by atoms with Crippen molar-refractivity contribution < 1.29 is 13.9 Å². The van der Waals surface area contributed by atoms with Crippen molar-refractivity contribution in [2.24, 2.45) is 0 Å². The minimum Gasteiger partial charge on any atom is -0.486 e. The van der Waals surface area contributed by atoms with E-state index in [4.69, 9.17) is 20.8 Å². The summed E-state index contributed by atoms with van der Waals surface area (Å²) in [5.74, 6) is 1.29. The summed E-state index contributed by atoms with van der Waals surface area (Å²) >= 11 is 6.00. The van der Waals surface area contributed by atoms with Crippen LogP contribution in [-0.2, 0) is 6.61 Å². The van der Waals surface area contributed by atoms with Gasteiger partial charge in [-0.15, -0.1) is 0 Å². The Morgan fingerprint density at radius 3 is 2.65 bits per heavy atom. The number of carbonyl (C=O) groups is 1. The van der Waals surface area contributed by atoms with Gasteiger partial charge in [-0.05, 0) is 55.3 Å². The van der Waals surface area contributed by atoms with Gasteiger partial charge >= 0.3 is 0 Å². The minimum absolute atomic E-state index is 0.106. The fourth-order valence-electron chi connectivity index (χ4n) is 2.53. The van der Waals surface area contributed by atoms with Crippen molar-refractivity contribution in [2.75, 3.05) is 0 Å². The van der Waals surface area contributed by atoms with E-state index in [9.17, 15) is 4.79 Å². The quantitative estimate of drug-likeness (QED) is 0.640. The summed E-state index contributed by atoms with van der Waals surface area (Å²) < 4.78 is 11.3. The summed E-state index contributed by atoms with van der Waals surface area (Å²) in [6, 6.07) is 18.5. The number of furan rings is 1. The number of ether oxygens (including phenoxy) is 1. The van der Waals surface area contributed by atoms with Crippen molar-refractivity contribution in [1.29, 1.82) is 0 Å². The molecule has 4 nitrogen and oxygen atoms in total. The number of hydrogen-bond donors (Lipinski definition) is 1. The van der Waals surface area contributed by atoms with E-state index in [0.29, 0.717) is 16.5 Å². The highest BCUT2D eigenvalue weighted by Crippen LogP contribution is 2.22. The molecule has 0 saturated carbocycles. The maximum absolute atomic E-state index is 12.3. The van der Waals surface area contributed by atoms with Crippen molar-refractivity contribution in [3.8, 4) is 5.75 Å². The van der Waals surface area contributed by atoms with Crippen LogP contribution in [0.2, 0.25) is 5.02 Å². The molecule has 2 aromatic carbocycles.